The number of hydrogen-bond donors (Lipinski definition) is 1. The Bertz CT molecular complexity index is 537. The van der Waals surface area contributed by atoms with Crippen molar-refractivity contribution in [2.75, 3.05) is 5.32 Å². The molecule has 1 aromatic heterocycles. The Morgan fingerprint density at radius 1 is 1.47 bits per heavy atom. The summed E-state index contributed by atoms with van der Waals surface area (Å²) in [7, 11) is 0. The number of halogens is 1. The molecule has 0 spiro atoms. The van der Waals surface area contributed by atoms with Crippen LogP contribution in [0.1, 0.15) is 25.8 Å². The third-order valence-corrected chi connectivity index (χ3v) is 3.33. The van der Waals surface area contributed by atoms with Gasteiger partial charge in [-0.3, -0.25) is 4.98 Å². The maximum Gasteiger partial charge on any atom is 0.0752 e. The standard InChI is InChI=1S/C14H17ClN2/c1-4-10(3)17-14-11-6-5-7-16-13(11)9(2)8-12(14)15/h5-8,10,17H,4H2,1-3H3. The lowest BCUT2D eigenvalue weighted by molar-refractivity contribution is 0.765. The maximum atomic E-state index is 6.32. The van der Waals surface area contributed by atoms with E-state index in [0.717, 1.165) is 33.6 Å². The fraction of sp³-hybridized carbons (Fsp3) is 0.357. The van der Waals surface area contributed by atoms with Crippen LogP contribution in [-0.2, 0) is 0 Å². The van der Waals surface area contributed by atoms with Gasteiger partial charge in [0.2, 0.25) is 0 Å². The Balaban J connectivity index is 2.61. The van der Waals surface area contributed by atoms with Crippen molar-refractivity contribution in [2.24, 2.45) is 0 Å². The molecule has 17 heavy (non-hydrogen) atoms. The molecule has 2 nitrogen and oxygen atoms in total. The first-order valence-electron chi connectivity index (χ1n) is 5.93. The third-order valence-electron chi connectivity index (χ3n) is 3.04. The van der Waals surface area contributed by atoms with Gasteiger partial charge in [0.05, 0.1) is 16.2 Å². The van der Waals surface area contributed by atoms with E-state index >= 15 is 0 Å². The van der Waals surface area contributed by atoms with Crippen LogP contribution in [0.3, 0.4) is 0 Å². The van der Waals surface area contributed by atoms with Crippen LogP contribution >= 0.6 is 11.6 Å². The van der Waals surface area contributed by atoms with Gasteiger partial charge in [-0.1, -0.05) is 18.5 Å². The lowest BCUT2D eigenvalue weighted by Crippen LogP contribution is -2.14. The van der Waals surface area contributed by atoms with Crippen LogP contribution in [0.2, 0.25) is 5.02 Å². The van der Waals surface area contributed by atoms with E-state index in [1.807, 2.05) is 25.3 Å². The molecule has 1 heterocycles. The Kier molecular flexibility index (Phi) is 3.53. The summed E-state index contributed by atoms with van der Waals surface area (Å²) in [6, 6.07) is 6.38. The summed E-state index contributed by atoms with van der Waals surface area (Å²) in [5.74, 6) is 0. The molecule has 1 atom stereocenters. The van der Waals surface area contributed by atoms with Crippen molar-refractivity contribution in [3.8, 4) is 0 Å². The highest BCUT2D eigenvalue weighted by molar-refractivity contribution is 6.35. The summed E-state index contributed by atoms with van der Waals surface area (Å²) < 4.78 is 0. The van der Waals surface area contributed by atoms with Crippen LogP contribution in [0, 0.1) is 6.92 Å². The van der Waals surface area contributed by atoms with E-state index < -0.39 is 0 Å². The van der Waals surface area contributed by atoms with Crippen molar-refractivity contribution in [1.82, 2.24) is 4.98 Å². The first-order chi connectivity index (χ1) is 8.13. The third kappa shape index (κ3) is 2.37. The summed E-state index contributed by atoms with van der Waals surface area (Å²) in [5.41, 5.74) is 3.12. The molecule has 0 radical (unpaired) electrons. The van der Waals surface area contributed by atoms with Gasteiger partial charge in [-0.15, -0.1) is 0 Å². The molecule has 0 aliphatic carbocycles. The van der Waals surface area contributed by atoms with Crippen LogP contribution in [-0.4, -0.2) is 11.0 Å². The SMILES string of the molecule is CCC(C)Nc1c(Cl)cc(C)c2ncccc12. The van der Waals surface area contributed by atoms with Gasteiger partial charge in [0.25, 0.3) is 0 Å². The van der Waals surface area contributed by atoms with E-state index in [-0.39, 0.29) is 0 Å². The van der Waals surface area contributed by atoms with Gasteiger partial charge in [-0.2, -0.15) is 0 Å². The molecule has 0 aliphatic rings. The average molecular weight is 249 g/mol. The molecular formula is C14H17ClN2. The molecule has 0 saturated carbocycles. The first kappa shape index (κ1) is 12.2. The molecule has 0 aliphatic heterocycles. The number of nitrogens with one attached hydrogen (secondary N) is 1. The number of fused-ring (bicyclic) bond motifs is 1. The maximum absolute atomic E-state index is 6.32. The summed E-state index contributed by atoms with van der Waals surface area (Å²) in [6.45, 7) is 6.34. The van der Waals surface area contributed by atoms with Crippen molar-refractivity contribution < 1.29 is 0 Å². The highest BCUT2D eigenvalue weighted by atomic mass is 35.5. The van der Waals surface area contributed by atoms with E-state index in [2.05, 4.69) is 30.2 Å². The van der Waals surface area contributed by atoms with Gasteiger partial charge < -0.3 is 5.32 Å². The van der Waals surface area contributed by atoms with Crippen molar-refractivity contribution in [2.45, 2.75) is 33.2 Å². The quantitative estimate of drug-likeness (QED) is 0.871. The van der Waals surface area contributed by atoms with Gasteiger partial charge in [0, 0.05) is 17.6 Å². The first-order valence-corrected chi connectivity index (χ1v) is 6.31. The molecule has 0 fully saturated rings. The second kappa shape index (κ2) is 4.92. The Hall–Kier alpha value is -1.28. The minimum Gasteiger partial charge on any atom is -0.381 e. The van der Waals surface area contributed by atoms with Crippen molar-refractivity contribution in [3.63, 3.8) is 0 Å². The minimum absolute atomic E-state index is 0.401. The Labute approximate surface area is 107 Å². The zero-order valence-electron chi connectivity index (χ0n) is 10.4. The molecule has 90 valence electrons. The summed E-state index contributed by atoms with van der Waals surface area (Å²) in [6.07, 6.45) is 2.88. The highest BCUT2D eigenvalue weighted by Gasteiger charge is 2.11. The number of pyridine rings is 1. The van der Waals surface area contributed by atoms with Gasteiger partial charge in [0.1, 0.15) is 0 Å². The molecule has 0 amide bonds. The van der Waals surface area contributed by atoms with Crippen molar-refractivity contribution in [1.29, 1.82) is 0 Å². The molecule has 2 aromatic rings. The number of hydrogen-bond acceptors (Lipinski definition) is 2. The fourth-order valence-electron chi connectivity index (χ4n) is 1.88. The van der Waals surface area contributed by atoms with Gasteiger partial charge in [-0.25, -0.2) is 0 Å². The second-order valence-corrected chi connectivity index (χ2v) is 4.81. The van der Waals surface area contributed by atoms with Crippen molar-refractivity contribution in [3.05, 3.63) is 35.0 Å². The minimum atomic E-state index is 0.401. The average Bonchev–Trinajstić information content (AvgIpc) is 2.34. The number of aryl methyl sites for hydroxylation is 1. The lowest BCUT2D eigenvalue weighted by atomic mass is 10.1. The largest absolute Gasteiger partial charge is 0.381 e. The molecule has 2 rings (SSSR count). The Morgan fingerprint density at radius 3 is 2.94 bits per heavy atom. The topological polar surface area (TPSA) is 24.9 Å². The van der Waals surface area contributed by atoms with E-state index in [4.69, 9.17) is 11.6 Å². The highest BCUT2D eigenvalue weighted by Crippen LogP contribution is 2.33. The van der Waals surface area contributed by atoms with E-state index in [0.29, 0.717) is 6.04 Å². The summed E-state index contributed by atoms with van der Waals surface area (Å²) >= 11 is 6.32. The number of nitrogens with zero attached hydrogens (tertiary/aromatic N) is 1. The van der Waals surface area contributed by atoms with E-state index in [1.165, 1.54) is 0 Å². The van der Waals surface area contributed by atoms with Crippen LogP contribution < -0.4 is 5.32 Å². The summed E-state index contributed by atoms with van der Waals surface area (Å²) in [5, 5.41) is 5.32. The predicted octanol–water partition coefficient (Wildman–Crippen LogP) is 4.41. The molecule has 3 heteroatoms. The number of aromatic nitrogens is 1. The zero-order chi connectivity index (χ0) is 12.4. The predicted molar refractivity (Wildman–Crippen MR) is 74.9 cm³/mol. The summed E-state index contributed by atoms with van der Waals surface area (Å²) in [4.78, 5) is 4.42. The molecule has 1 aromatic carbocycles. The number of anilines is 1. The molecular weight excluding hydrogens is 232 g/mol. The normalized spacial score (nSPS) is 12.7. The second-order valence-electron chi connectivity index (χ2n) is 4.40. The van der Waals surface area contributed by atoms with E-state index in [9.17, 15) is 0 Å². The van der Waals surface area contributed by atoms with Crippen LogP contribution in [0.4, 0.5) is 5.69 Å². The number of benzene rings is 1. The van der Waals surface area contributed by atoms with Crippen LogP contribution in [0.5, 0.6) is 0 Å². The molecule has 1 unspecified atom stereocenters. The number of rotatable bonds is 3. The monoisotopic (exact) mass is 248 g/mol. The van der Waals surface area contributed by atoms with E-state index in [1.54, 1.807) is 0 Å². The smallest absolute Gasteiger partial charge is 0.0752 e. The molecule has 0 bridgehead atoms. The van der Waals surface area contributed by atoms with Crippen LogP contribution in [0.15, 0.2) is 24.4 Å². The molecule has 1 N–H and O–H groups in total. The lowest BCUT2D eigenvalue weighted by Gasteiger charge is -2.17. The fourth-order valence-corrected chi connectivity index (χ4v) is 2.20. The zero-order valence-corrected chi connectivity index (χ0v) is 11.2. The van der Waals surface area contributed by atoms with Gasteiger partial charge in [0.15, 0.2) is 0 Å². The van der Waals surface area contributed by atoms with Gasteiger partial charge >= 0.3 is 0 Å². The molecule has 0 saturated heterocycles. The van der Waals surface area contributed by atoms with Crippen LogP contribution in [0.25, 0.3) is 10.9 Å². The Morgan fingerprint density at radius 2 is 2.24 bits per heavy atom. The van der Waals surface area contributed by atoms with Gasteiger partial charge in [-0.05, 0) is 44.0 Å². The van der Waals surface area contributed by atoms with Crippen molar-refractivity contribution >= 4 is 28.2 Å².